The monoisotopic (exact) mass is 499 g/mol. The highest BCUT2D eigenvalue weighted by molar-refractivity contribution is 5.85. The standard InChI is InChI=1S/C27H49NO7/c1-26(2,3)34-24(32)18-16-14-12-10-8-7-9-11-13-15-17-22(29)28-21(19-20-23(30)31)25(33)35-27(4,5)6/h21H,7-20H2,1-6H3,(H,28,29)(H,30,31). The van der Waals surface area contributed by atoms with Crippen molar-refractivity contribution >= 4 is 23.8 Å². The van der Waals surface area contributed by atoms with Crippen LogP contribution in [0.5, 0.6) is 0 Å². The molecule has 0 rings (SSSR count). The maximum Gasteiger partial charge on any atom is 0.329 e. The minimum absolute atomic E-state index is 0.0109. The minimum Gasteiger partial charge on any atom is -0.481 e. The van der Waals surface area contributed by atoms with Gasteiger partial charge in [0, 0.05) is 19.3 Å². The van der Waals surface area contributed by atoms with Gasteiger partial charge in [0.15, 0.2) is 0 Å². The van der Waals surface area contributed by atoms with Crippen LogP contribution >= 0.6 is 0 Å². The molecule has 0 aromatic rings. The molecule has 8 nitrogen and oxygen atoms in total. The summed E-state index contributed by atoms with van der Waals surface area (Å²) < 4.78 is 10.6. The molecule has 0 aliphatic carbocycles. The molecule has 0 saturated carbocycles. The van der Waals surface area contributed by atoms with Crippen molar-refractivity contribution < 1.29 is 33.8 Å². The lowest BCUT2D eigenvalue weighted by Gasteiger charge is -2.24. The van der Waals surface area contributed by atoms with Gasteiger partial charge in [0.1, 0.15) is 17.2 Å². The number of hydrogen-bond acceptors (Lipinski definition) is 6. The second kappa shape index (κ2) is 17.3. The first-order chi connectivity index (χ1) is 16.2. The van der Waals surface area contributed by atoms with Gasteiger partial charge in [-0.25, -0.2) is 4.79 Å². The third-order valence-corrected chi connectivity index (χ3v) is 5.13. The fourth-order valence-electron chi connectivity index (χ4n) is 3.52. The average Bonchev–Trinajstić information content (AvgIpc) is 2.69. The number of carboxylic acids is 1. The number of amides is 1. The number of rotatable bonds is 18. The molecule has 1 unspecified atom stereocenters. The van der Waals surface area contributed by atoms with Crippen molar-refractivity contribution in [3.8, 4) is 0 Å². The van der Waals surface area contributed by atoms with Crippen LogP contribution in [0.2, 0.25) is 0 Å². The fraction of sp³-hybridized carbons (Fsp3) is 0.852. The molecule has 8 heteroatoms. The summed E-state index contributed by atoms with van der Waals surface area (Å²) >= 11 is 0. The lowest BCUT2D eigenvalue weighted by Crippen LogP contribution is -2.44. The Morgan fingerprint density at radius 3 is 1.51 bits per heavy atom. The second-order valence-electron chi connectivity index (χ2n) is 11.2. The lowest BCUT2D eigenvalue weighted by atomic mass is 10.0. The Labute approximate surface area is 211 Å². The number of carbonyl (C=O) groups is 4. The highest BCUT2D eigenvalue weighted by Crippen LogP contribution is 2.15. The molecule has 204 valence electrons. The molecular weight excluding hydrogens is 450 g/mol. The first kappa shape index (κ1) is 32.9. The number of carbonyl (C=O) groups excluding carboxylic acids is 3. The molecule has 35 heavy (non-hydrogen) atoms. The minimum atomic E-state index is -1.02. The van der Waals surface area contributed by atoms with Gasteiger partial charge < -0.3 is 19.9 Å². The molecular formula is C27H49NO7. The first-order valence-electron chi connectivity index (χ1n) is 13.2. The van der Waals surface area contributed by atoms with Crippen LogP contribution in [0.1, 0.15) is 131 Å². The Morgan fingerprint density at radius 1 is 0.657 bits per heavy atom. The van der Waals surface area contributed by atoms with E-state index in [1.807, 2.05) is 20.8 Å². The SMILES string of the molecule is CC(C)(C)OC(=O)CCCCCCCCCCCCC(=O)NC(CCC(=O)O)C(=O)OC(C)(C)C. The van der Waals surface area contributed by atoms with E-state index in [0.717, 1.165) is 51.4 Å². The molecule has 1 atom stereocenters. The van der Waals surface area contributed by atoms with Crippen molar-refractivity contribution in [3.63, 3.8) is 0 Å². The van der Waals surface area contributed by atoms with Crippen LogP contribution in [0.25, 0.3) is 0 Å². The maximum absolute atomic E-state index is 12.3. The van der Waals surface area contributed by atoms with Crippen molar-refractivity contribution in [2.75, 3.05) is 0 Å². The molecule has 0 saturated heterocycles. The summed E-state index contributed by atoms with van der Waals surface area (Å²) in [6.07, 6.45) is 11.0. The maximum atomic E-state index is 12.3. The van der Waals surface area contributed by atoms with E-state index in [1.165, 1.54) is 12.8 Å². The van der Waals surface area contributed by atoms with Crippen LogP contribution < -0.4 is 5.32 Å². The van der Waals surface area contributed by atoms with E-state index >= 15 is 0 Å². The van der Waals surface area contributed by atoms with E-state index in [1.54, 1.807) is 20.8 Å². The number of nitrogens with one attached hydrogen (secondary N) is 1. The van der Waals surface area contributed by atoms with Crippen LogP contribution in [0.4, 0.5) is 0 Å². The molecule has 0 heterocycles. The smallest absolute Gasteiger partial charge is 0.329 e. The average molecular weight is 500 g/mol. The Kier molecular flexibility index (Phi) is 16.3. The predicted octanol–water partition coefficient (Wildman–Crippen LogP) is 5.70. The van der Waals surface area contributed by atoms with E-state index in [9.17, 15) is 19.2 Å². The molecule has 0 aliphatic heterocycles. The first-order valence-corrected chi connectivity index (χ1v) is 13.2. The highest BCUT2D eigenvalue weighted by atomic mass is 16.6. The number of unbranched alkanes of at least 4 members (excludes halogenated alkanes) is 9. The zero-order valence-corrected chi connectivity index (χ0v) is 22.9. The molecule has 0 aromatic carbocycles. The van der Waals surface area contributed by atoms with Crippen molar-refractivity contribution in [3.05, 3.63) is 0 Å². The summed E-state index contributed by atoms with van der Waals surface area (Å²) in [4.78, 5) is 47.1. The van der Waals surface area contributed by atoms with E-state index < -0.39 is 29.2 Å². The molecule has 2 N–H and O–H groups in total. The third kappa shape index (κ3) is 22.1. The van der Waals surface area contributed by atoms with Gasteiger partial charge in [-0.3, -0.25) is 14.4 Å². The van der Waals surface area contributed by atoms with Gasteiger partial charge in [-0.2, -0.15) is 0 Å². The molecule has 0 spiro atoms. The topological polar surface area (TPSA) is 119 Å². The largest absolute Gasteiger partial charge is 0.481 e. The van der Waals surface area contributed by atoms with Crippen molar-refractivity contribution in [1.29, 1.82) is 0 Å². The van der Waals surface area contributed by atoms with Crippen LogP contribution in [0.15, 0.2) is 0 Å². The lowest BCUT2D eigenvalue weighted by molar-refractivity contribution is -0.159. The van der Waals surface area contributed by atoms with Gasteiger partial charge in [0.2, 0.25) is 5.91 Å². The zero-order chi connectivity index (χ0) is 26.9. The number of hydrogen-bond donors (Lipinski definition) is 2. The number of ether oxygens (including phenoxy) is 2. The molecule has 0 bridgehead atoms. The van der Waals surface area contributed by atoms with Gasteiger partial charge in [-0.15, -0.1) is 0 Å². The third-order valence-electron chi connectivity index (χ3n) is 5.13. The van der Waals surface area contributed by atoms with Gasteiger partial charge in [0.25, 0.3) is 0 Å². The van der Waals surface area contributed by atoms with Crippen molar-refractivity contribution in [2.24, 2.45) is 0 Å². The molecule has 0 radical (unpaired) electrons. The molecule has 1 amide bonds. The van der Waals surface area contributed by atoms with Crippen LogP contribution in [0, 0.1) is 0 Å². The van der Waals surface area contributed by atoms with Gasteiger partial charge in [-0.1, -0.05) is 51.4 Å². The summed E-state index contributed by atoms with van der Waals surface area (Å²) in [5.41, 5.74) is -1.12. The summed E-state index contributed by atoms with van der Waals surface area (Å²) in [6, 6.07) is -0.943. The van der Waals surface area contributed by atoms with Crippen LogP contribution in [-0.2, 0) is 28.7 Å². The quantitative estimate of drug-likeness (QED) is 0.183. The summed E-state index contributed by atoms with van der Waals surface area (Å²) in [5, 5.41) is 11.5. The second-order valence-corrected chi connectivity index (χ2v) is 11.2. The summed E-state index contributed by atoms with van der Waals surface area (Å²) in [7, 11) is 0. The number of carboxylic acid groups (broad SMARTS) is 1. The Morgan fingerprint density at radius 2 is 1.09 bits per heavy atom. The van der Waals surface area contributed by atoms with Crippen molar-refractivity contribution in [2.45, 2.75) is 149 Å². The van der Waals surface area contributed by atoms with E-state index in [4.69, 9.17) is 14.6 Å². The van der Waals surface area contributed by atoms with Gasteiger partial charge in [-0.05, 0) is 60.8 Å². The van der Waals surface area contributed by atoms with E-state index in [0.29, 0.717) is 12.8 Å². The predicted molar refractivity (Wildman–Crippen MR) is 136 cm³/mol. The van der Waals surface area contributed by atoms with E-state index in [2.05, 4.69) is 5.32 Å². The summed E-state index contributed by atoms with van der Waals surface area (Å²) in [6.45, 7) is 10.8. The number of esters is 2. The van der Waals surface area contributed by atoms with Gasteiger partial charge in [0.05, 0.1) is 0 Å². The fourth-order valence-corrected chi connectivity index (χ4v) is 3.52. The Hall–Kier alpha value is -2.12. The zero-order valence-electron chi connectivity index (χ0n) is 22.9. The molecule has 0 aromatic heterocycles. The Balaban J connectivity index is 3.87. The van der Waals surface area contributed by atoms with E-state index in [-0.39, 0.29) is 24.7 Å². The summed E-state index contributed by atoms with van der Waals surface area (Å²) in [5.74, 6) is -1.99. The van der Waals surface area contributed by atoms with Crippen LogP contribution in [0.3, 0.4) is 0 Å². The Bertz CT molecular complexity index is 647. The molecule has 0 fully saturated rings. The normalized spacial score (nSPS) is 12.6. The molecule has 0 aliphatic rings. The van der Waals surface area contributed by atoms with Crippen LogP contribution in [-0.4, -0.2) is 46.2 Å². The number of aliphatic carboxylic acids is 1. The van der Waals surface area contributed by atoms with Gasteiger partial charge >= 0.3 is 17.9 Å². The van der Waals surface area contributed by atoms with Crippen molar-refractivity contribution in [1.82, 2.24) is 5.32 Å². The highest BCUT2D eigenvalue weighted by Gasteiger charge is 2.27.